The van der Waals surface area contributed by atoms with Gasteiger partial charge in [-0.05, 0) is 25.2 Å². The summed E-state index contributed by atoms with van der Waals surface area (Å²) in [6.07, 6.45) is 0. The Bertz CT molecular complexity index is 556. The molecule has 1 aromatic carbocycles. The zero-order chi connectivity index (χ0) is 12.9. The van der Waals surface area contributed by atoms with E-state index < -0.39 is 10.0 Å². The van der Waals surface area contributed by atoms with Gasteiger partial charge in [0, 0.05) is 0 Å². The van der Waals surface area contributed by atoms with Gasteiger partial charge in [-0.3, -0.25) is 0 Å². The van der Waals surface area contributed by atoms with Crippen molar-refractivity contribution in [2.45, 2.75) is 4.90 Å². The van der Waals surface area contributed by atoms with Gasteiger partial charge in [0.15, 0.2) is 0 Å². The highest BCUT2D eigenvalue weighted by atomic mass is 32.2. The lowest BCUT2D eigenvalue weighted by Gasteiger charge is -2.06. The molecule has 1 aromatic rings. The van der Waals surface area contributed by atoms with E-state index in [4.69, 9.17) is 10.5 Å². The third kappa shape index (κ3) is 3.20. The van der Waals surface area contributed by atoms with Crippen LogP contribution in [0.1, 0.15) is 5.56 Å². The zero-order valence-electron chi connectivity index (χ0n) is 9.65. The predicted molar refractivity (Wildman–Crippen MR) is 65.2 cm³/mol. The van der Waals surface area contributed by atoms with Gasteiger partial charge in [-0.15, -0.1) is 0 Å². The Balaban J connectivity index is 3.32. The minimum absolute atomic E-state index is 0.141. The fourth-order valence-corrected chi connectivity index (χ4v) is 1.97. The van der Waals surface area contributed by atoms with Crippen molar-refractivity contribution in [2.75, 3.05) is 20.7 Å². The first kappa shape index (κ1) is 13.5. The molecule has 0 spiro atoms. The summed E-state index contributed by atoms with van der Waals surface area (Å²) in [5.74, 6) is 5.94. The van der Waals surface area contributed by atoms with E-state index in [1.54, 1.807) is 6.07 Å². The average Bonchev–Trinajstić information content (AvgIpc) is 2.35. The van der Waals surface area contributed by atoms with Crippen molar-refractivity contribution in [1.29, 1.82) is 0 Å². The molecule has 0 saturated heterocycles. The van der Waals surface area contributed by atoms with Crippen molar-refractivity contribution in [3.63, 3.8) is 0 Å². The minimum atomic E-state index is -3.48. The van der Waals surface area contributed by atoms with Crippen LogP contribution in [0.3, 0.4) is 0 Å². The summed E-state index contributed by atoms with van der Waals surface area (Å²) >= 11 is 0. The Morgan fingerprint density at radius 3 is 2.71 bits per heavy atom. The van der Waals surface area contributed by atoms with Gasteiger partial charge in [-0.2, -0.15) is 0 Å². The molecule has 17 heavy (non-hydrogen) atoms. The molecule has 0 bridgehead atoms. The summed E-state index contributed by atoms with van der Waals surface area (Å²) < 4.78 is 30.5. The first-order chi connectivity index (χ1) is 8.05. The van der Waals surface area contributed by atoms with Crippen LogP contribution in [-0.4, -0.2) is 29.1 Å². The number of ether oxygens (including phenoxy) is 1. The minimum Gasteiger partial charge on any atom is -0.495 e. The van der Waals surface area contributed by atoms with Crippen LogP contribution in [0.2, 0.25) is 0 Å². The molecular formula is C11H14N2O3S. The Hall–Kier alpha value is -1.55. The van der Waals surface area contributed by atoms with E-state index in [1.807, 2.05) is 0 Å². The standard InChI is InChI=1S/C11H14N2O3S/c1-13-17(14,15)10-5-6-11(16-2)9(8-10)4-3-7-12/h5-6,8,13H,7,12H2,1-2H3. The van der Waals surface area contributed by atoms with Crippen molar-refractivity contribution in [3.05, 3.63) is 23.8 Å². The highest BCUT2D eigenvalue weighted by molar-refractivity contribution is 7.89. The van der Waals surface area contributed by atoms with Crippen molar-refractivity contribution in [2.24, 2.45) is 5.73 Å². The van der Waals surface area contributed by atoms with Crippen molar-refractivity contribution in [3.8, 4) is 17.6 Å². The second kappa shape index (κ2) is 5.68. The molecule has 1 rings (SSSR count). The third-order valence-electron chi connectivity index (χ3n) is 2.08. The molecule has 5 nitrogen and oxygen atoms in total. The van der Waals surface area contributed by atoms with Crippen LogP contribution in [0, 0.1) is 11.8 Å². The predicted octanol–water partition coefficient (Wildman–Crippen LogP) is -0.0865. The monoisotopic (exact) mass is 254 g/mol. The maximum atomic E-state index is 11.6. The first-order valence-electron chi connectivity index (χ1n) is 4.85. The topological polar surface area (TPSA) is 81.4 Å². The van der Waals surface area contributed by atoms with Crippen LogP contribution in [0.15, 0.2) is 23.1 Å². The molecule has 0 aliphatic heterocycles. The van der Waals surface area contributed by atoms with Gasteiger partial charge in [-0.1, -0.05) is 11.8 Å². The average molecular weight is 254 g/mol. The van der Waals surface area contributed by atoms with Gasteiger partial charge < -0.3 is 10.5 Å². The largest absolute Gasteiger partial charge is 0.495 e. The Kier molecular flexibility index (Phi) is 4.52. The van der Waals surface area contributed by atoms with Crippen LogP contribution in [0.5, 0.6) is 5.75 Å². The molecule has 0 atom stereocenters. The van der Waals surface area contributed by atoms with Crippen molar-refractivity contribution in [1.82, 2.24) is 4.72 Å². The molecule has 0 saturated carbocycles. The molecule has 0 amide bonds. The van der Waals surface area contributed by atoms with Crippen LogP contribution in [0.4, 0.5) is 0 Å². The quantitative estimate of drug-likeness (QED) is 0.739. The molecule has 92 valence electrons. The van der Waals surface area contributed by atoms with E-state index in [0.29, 0.717) is 11.3 Å². The van der Waals surface area contributed by atoms with Crippen LogP contribution in [0.25, 0.3) is 0 Å². The zero-order valence-corrected chi connectivity index (χ0v) is 10.5. The van der Waals surface area contributed by atoms with Crippen LogP contribution >= 0.6 is 0 Å². The molecule has 0 heterocycles. The van der Waals surface area contributed by atoms with Gasteiger partial charge in [0.05, 0.1) is 24.1 Å². The Morgan fingerprint density at radius 1 is 1.47 bits per heavy atom. The number of rotatable bonds is 3. The Labute approximate surface area is 101 Å². The number of benzene rings is 1. The molecular weight excluding hydrogens is 240 g/mol. The number of sulfonamides is 1. The summed E-state index contributed by atoms with van der Waals surface area (Å²) in [6, 6.07) is 4.47. The lowest BCUT2D eigenvalue weighted by atomic mass is 10.2. The number of hydrogen-bond donors (Lipinski definition) is 2. The lowest BCUT2D eigenvalue weighted by Crippen LogP contribution is -2.18. The summed E-state index contributed by atoms with van der Waals surface area (Å²) in [4.78, 5) is 0.141. The second-order valence-electron chi connectivity index (χ2n) is 3.08. The molecule has 0 fully saturated rings. The second-order valence-corrected chi connectivity index (χ2v) is 4.96. The van der Waals surface area contributed by atoms with E-state index >= 15 is 0 Å². The maximum Gasteiger partial charge on any atom is 0.240 e. The van der Waals surface area contributed by atoms with Crippen molar-refractivity contribution >= 4 is 10.0 Å². The van der Waals surface area contributed by atoms with E-state index in [1.165, 1.54) is 26.3 Å². The number of hydrogen-bond acceptors (Lipinski definition) is 4. The molecule has 3 N–H and O–H groups in total. The molecule has 0 radical (unpaired) electrons. The van der Waals surface area contributed by atoms with Gasteiger partial charge >= 0.3 is 0 Å². The highest BCUT2D eigenvalue weighted by Crippen LogP contribution is 2.21. The van der Waals surface area contributed by atoms with Crippen molar-refractivity contribution < 1.29 is 13.2 Å². The van der Waals surface area contributed by atoms with Crippen LogP contribution < -0.4 is 15.2 Å². The fraction of sp³-hybridized carbons (Fsp3) is 0.273. The number of methoxy groups -OCH3 is 1. The molecule has 0 aliphatic rings. The summed E-state index contributed by atoms with van der Waals surface area (Å²) in [7, 11) is -0.628. The molecule has 0 unspecified atom stereocenters. The third-order valence-corrected chi connectivity index (χ3v) is 3.49. The Morgan fingerprint density at radius 2 is 2.18 bits per heavy atom. The van der Waals surface area contributed by atoms with E-state index in [0.717, 1.165) is 0 Å². The normalized spacial score (nSPS) is 10.5. The molecule has 0 aromatic heterocycles. The summed E-state index contributed by atoms with van der Waals surface area (Å²) in [6.45, 7) is 0.201. The fourth-order valence-electron chi connectivity index (χ4n) is 1.22. The SMILES string of the molecule is CNS(=O)(=O)c1ccc(OC)c(C#CCN)c1. The van der Waals surface area contributed by atoms with Gasteiger partial charge in [0.2, 0.25) is 10.0 Å². The van der Waals surface area contributed by atoms with E-state index in [9.17, 15) is 8.42 Å². The lowest BCUT2D eigenvalue weighted by molar-refractivity contribution is 0.413. The summed E-state index contributed by atoms with van der Waals surface area (Å²) in [5, 5.41) is 0. The summed E-state index contributed by atoms with van der Waals surface area (Å²) in [5.41, 5.74) is 5.77. The van der Waals surface area contributed by atoms with Gasteiger partial charge in [0.1, 0.15) is 5.75 Å². The highest BCUT2D eigenvalue weighted by Gasteiger charge is 2.13. The number of nitrogens with one attached hydrogen (secondary N) is 1. The smallest absolute Gasteiger partial charge is 0.240 e. The van der Waals surface area contributed by atoms with Crippen LogP contribution in [-0.2, 0) is 10.0 Å². The first-order valence-corrected chi connectivity index (χ1v) is 6.34. The number of nitrogens with two attached hydrogens (primary N) is 1. The van der Waals surface area contributed by atoms with Gasteiger partial charge in [-0.25, -0.2) is 13.1 Å². The molecule has 6 heteroatoms. The maximum absolute atomic E-state index is 11.6. The molecule has 0 aliphatic carbocycles. The van der Waals surface area contributed by atoms with E-state index in [2.05, 4.69) is 16.6 Å². The van der Waals surface area contributed by atoms with Gasteiger partial charge in [0.25, 0.3) is 0 Å². The van der Waals surface area contributed by atoms with E-state index in [-0.39, 0.29) is 11.4 Å².